The number of ether oxygens (including phenoxy) is 1. The molecule has 0 spiro atoms. The summed E-state index contributed by atoms with van der Waals surface area (Å²) in [6.07, 6.45) is 3.54. The lowest BCUT2D eigenvalue weighted by atomic mass is 9.98. The highest BCUT2D eigenvalue weighted by atomic mass is 32.1. The first-order valence-corrected chi connectivity index (χ1v) is 15.9. The van der Waals surface area contributed by atoms with Crippen molar-refractivity contribution in [2.45, 2.75) is 77.1 Å². The molecule has 10 heteroatoms. The Morgan fingerprint density at radius 2 is 1.58 bits per heavy atom. The standard InChI is InChI=1S/C35H46N4O5S/c1-34(2,3)44-33(43)37-35(4,5)19-11-16-30(40)38(7)29(22-24-17-18-25-13-9-10-14-26(25)21-24)32(42)39(8)28(31(41)36-6)23-27-15-12-20-45-27/h9-18,20-21,28-29H,19,22-23H2,1-8H3,(H,36,41)(H,37,43)/t28-,29-/m1/s1. The lowest BCUT2D eigenvalue weighted by Crippen LogP contribution is -2.55. The number of alkyl carbamates (subject to hydrolysis) is 1. The molecule has 0 saturated heterocycles. The number of fused-ring (bicyclic) bond motifs is 1. The van der Waals surface area contributed by atoms with E-state index >= 15 is 0 Å². The summed E-state index contributed by atoms with van der Waals surface area (Å²) < 4.78 is 5.36. The van der Waals surface area contributed by atoms with Crippen LogP contribution >= 0.6 is 11.3 Å². The zero-order valence-corrected chi connectivity index (χ0v) is 28.4. The molecule has 0 bridgehead atoms. The highest BCUT2D eigenvalue weighted by molar-refractivity contribution is 7.09. The van der Waals surface area contributed by atoms with Gasteiger partial charge in [-0.2, -0.15) is 0 Å². The van der Waals surface area contributed by atoms with Crippen LogP contribution in [0.15, 0.2) is 72.1 Å². The molecule has 2 N–H and O–H groups in total. The number of likely N-dealkylation sites (N-methyl/N-ethyl adjacent to an activating group) is 3. The molecule has 3 rings (SSSR count). The normalized spacial score (nSPS) is 13.2. The van der Waals surface area contributed by atoms with Crippen molar-refractivity contribution < 1.29 is 23.9 Å². The van der Waals surface area contributed by atoms with E-state index in [9.17, 15) is 19.2 Å². The molecular weight excluding hydrogens is 588 g/mol. The third kappa shape index (κ3) is 10.5. The lowest BCUT2D eigenvalue weighted by molar-refractivity contribution is -0.146. The van der Waals surface area contributed by atoms with Crippen molar-refractivity contribution in [2.75, 3.05) is 21.1 Å². The second kappa shape index (κ2) is 15.2. The van der Waals surface area contributed by atoms with E-state index in [-0.39, 0.29) is 24.1 Å². The summed E-state index contributed by atoms with van der Waals surface area (Å²) in [5.74, 6) is -0.993. The molecule has 0 saturated carbocycles. The molecule has 0 radical (unpaired) electrons. The maximum Gasteiger partial charge on any atom is 0.408 e. The Balaban J connectivity index is 1.85. The molecule has 2 atom stereocenters. The predicted molar refractivity (Wildman–Crippen MR) is 180 cm³/mol. The van der Waals surface area contributed by atoms with Gasteiger partial charge in [0.15, 0.2) is 0 Å². The quantitative estimate of drug-likeness (QED) is 0.262. The van der Waals surface area contributed by atoms with Gasteiger partial charge in [0, 0.05) is 44.4 Å². The van der Waals surface area contributed by atoms with Gasteiger partial charge < -0.3 is 25.2 Å². The number of carbonyl (C=O) groups is 4. The molecule has 2 aromatic carbocycles. The number of hydrogen-bond donors (Lipinski definition) is 2. The fourth-order valence-corrected chi connectivity index (χ4v) is 5.66. The van der Waals surface area contributed by atoms with Crippen molar-refractivity contribution in [1.82, 2.24) is 20.4 Å². The molecule has 3 aromatic rings. The van der Waals surface area contributed by atoms with Crippen LogP contribution in [-0.2, 0) is 32.0 Å². The van der Waals surface area contributed by atoms with Gasteiger partial charge in [0.25, 0.3) is 0 Å². The van der Waals surface area contributed by atoms with E-state index in [1.54, 1.807) is 48.0 Å². The Kier molecular flexibility index (Phi) is 11.9. The van der Waals surface area contributed by atoms with Crippen molar-refractivity contribution in [3.05, 3.63) is 82.6 Å². The Morgan fingerprint density at radius 3 is 2.20 bits per heavy atom. The van der Waals surface area contributed by atoms with Crippen LogP contribution in [0.1, 0.15) is 51.5 Å². The molecule has 0 aliphatic rings. The van der Waals surface area contributed by atoms with Crippen molar-refractivity contribution in [3.8, 4) is 0 Å². The molecule has 0 unspecified atom stereocenters. The van der Waals surface area contributed by atoms with Crippen molar-refractivity contribution in [1.29, 1.82) is 0 Å². The van der Waals surface area contributed by atoms with Crippen LogP contribution < -0.4 is 10.6 Å². The van der Waals surface area contributed by atoms with E-state index in [2.05, 4.69) is 10.6 Å². The van der Waals surface area contributed by atoms with Gasteiger partial charge in [-0.1, -0.05) is 54.6 Å². The van der Waals surface area contributed by atoms with Crippen molar-refractivity contribution in [2.24, 2.45) is 0 Å². The zero-order chi connectivity index (χ0) is 33.4. The summed E-state index contributed by atoms with van der Waals surface area (Å²) in [5, 5.41) is 9.55. The number of carbonyl (C=O) groups excluding carboxylic acids is 4. The van der Waals surface area contributed by atoms with Crippen LogP contribution in [0.3, 0.4) is 0 Å². The van der Waals surface area contributed by atoms with E-state index in [0.717, 1.165) is 21.2 Å². The first-order valence-electron chi connectivity index (χ1n) is 15.0. The van der Waals surface area contributed by atoms with E-state index in [0.29, 0.717) is 12.8 Å². The summed E-state index contributed by atoms with van der Waals surface area (Å²) >= 11 is 1.52. The summed E-state index contributed by atoms with van der Waals surface area (Å²) in [5.41, 5.74) is -0.419. The van der Waals surface area contributed by atoms with Gasteiger partial charge in [0.05, 0.1) is 0 Å². The molecule has 9 nitrogen and oxygen atoms in total. The van der Waals surface area contributed by atoms with Crippen LogP contribution in [0.5, 0.6) is 0 Å². The second-order valence-corrected chi connectivity index (χ2v) is 13.9. The number of thiophene rings is 1. The second-order valence-electron chi connectivity index (χ2n) is 12.8. The lowest BCUT2D eigenvalue weighted by Gasteiger charge is -2.34. The molecule has 0 aliphatic carbocycles. The summed E-state index contributed by atoms with van der Waals surface area (Å²) in [6, 6.07) is 16.2. The summed E-state index contributed by atoms with van der Waals surface area (Å²) in [6.45, 7) is 9.05. The zero-order valence-electron chi connectivity index (χ0n) is 27.5. The van der Waals surface area contributed by atoms with Crippen LogP contribution in [0, 0.1) is 0 Å². The molecule has 45 heavy (non-hydrogen) atoms. The number of nitrogens with one attached hydrogen (secondary N) is 2. The Labute approximate surface area is 270 Å². The molecule has 0 fully saturated rings. The van der Waals surface area contributed by atoms with E-state index < -0.39 is 29.3 Å². The molecule has 242 valence electrons. The van der Waals surface area contributed by atoms with E-state index in [1.807, 2.05) is 73.8 Å². The SMILES string of the molecule is CNC(=O)[C@@H](Cc1cccs1)N(C)C(=O)[C@@H](Cc1ccc2ccccc2c1)N(C)C(=O)C=CCC(C)(C)NC(=O)OC(C)(C)C. The van der Waals surface area contributed by atoms with Gasteiger partial charge >= 0.3 is 6.09 Å². The Bertz CT molecular complexity index is 1510. The van der Waals surface area contributed by atoms with E-state index in [4.69, 9.17) is 4.74 Å². The minimum atomic E-state index is -0.878. The van der Waals surface area contributed by atoms with Gasteiger partial charge in [0.2, 0.25) is 17.7 Å². The minimum Gasteiger partial charge on any atom is -0.444 e. The number of amides is 4. The maximum absolute atomic E-state index is 14.2. The summed E-state index contributed by atoms with van der Waals surface area (Å²) in [4.78, 5) is 56.8. The van der Waals surface area contributed by atoms with Gasteiger partial charge in [0.1, 0.15) is 17.7 Å². The third-order valence-electron chi connectivity index (χ3n) is 7.41. The predicted octanol–water partition coefficient (Wildman–Crippen LogP) is 5.34. The van der Waals surface area contributed by atoms with Crippen molar-refractivity contribution in [3.63, 3.8) is 0 Å². The van der Waals surface area contributed by atoms with Gasteiger partial charge in [-0.25, -0.2) is 4.79 Å². The molecule has 4 amide bonds. The van der Waals surface area contributed by atoms with Crippen molar-refractivity contribution >= 4 is 45.9 Å². The van der Waals surface area contributed by atoms with Gasteiger partial charge in [-0.15, -0.1) is 11.3 Å². The first kappa shape index (κ1) is 35.3. The van der Waals surface area contributed by atoms with E-state index in [1.165, 1.54) is 27.2 Å². The largest absolute Gasteiger partial charge is 0.444 e. The Hall–Kier alpha value is -4.18. The van der Waals surface area contributed by atoms with Crippen LogP contribution in [0.2, 0.25) is 0 Å². The molecule has 1 aromatic heterocycles. The number of hydrogen-bond acceptors (Lipinski definition) is 6. The number of nitrogens with zero attached hydrogens (tertiary/aromatic N) is 2. The van der Waals surface area contributed by atoms with Crippen LogP contribution in [0.25, 0.3) is 10.8 Å². The minimum absolute atomic E-state index is 0.259. The smallest absolute Gasteiger partial charge is 0.408 e. The topological polar surface area (TPSA) is 108 Å². The molecular formula is C35H46N4O5S. The highest BCUT2D eigenvalue weighted by Gasteiger charge is 2.35. The maximum atomic E-state index is 14.2. The highest BCUT2D eigenvalue weighted by Crippen LogP contribution is 2.21. The third-order valence-corrected chi connectivity index (χ3v) is 8.31. The molecule has 0 aliphatic heterocycles. The van der Waals surface area contributed by atoms with Gasteiger partial charge in [-0.05, 0) is 74.9 Å². The monoisotopic (exact) mass is 634 g/mol. The molecule has 1 heterocycles. The first-order chi connectivity index (χ1) is 21.1. The fraction of sp³-hybridized carbons (Fsp3) is 0.429. The Morgan fingerprint density at radius 1 is 0.889 bits per heavy atom. The number of rotatable bonds is 12. The number of benzene rings is 2. The average molecular weight is 635 g/mol. The summed E-state index contributed by atoms with van der Waals surface area (Å²) in [7, 11) is 4.76. The van der Waals surface area contributed by atoms with Gasteiger partial charge in [-0.3, -0.25) is 14.4 Å². The average Bonchev–Trinajstić information content (AvgIpc) is 3.49. The van der Waals surface area contributed by atoms with Crippen LogP contribution in [0.4, 0.5) is 4.79 Å². The van der Waals surface area contributed by atoms with Crippen LogP contribution in [-0.4, -0.2) is 78.0 Å². The fourth-order valence-electron chi connectivity index (χ4n) is 4.92.